The predicted octanol–water partition coefficient (Wildman–Crippen LogP) is 1.33. The molecule has 20 heavy (non-hydrogen) atoms. The highest BCUT2D eigenvalue weighted by molar-refractivity contribution is 7.92. The number of sulfonamides is 1. The van der Waals surface area contributed by atoms with Crippen molar-refractivity contribution < 1.29 is 8.42 Å². The van der Waals surface area contributed by atoms with Gasteiger partial charge in [0.15, 0.2) is 5.82 Å². The molecule has 9 heteroatoms. The number of hydrogen-bond donors (Lipinski definition) is 2. The number of nitriles is 1. The third-order valence-electron chi connectivity index (χ3n) is 2.45. The quantitative estimate of drug-likeness (QED) is 0.887. The first-order chi connectivity index (χ1) is 9.33. The Labute approximate surface area is 120 Å². The van der Waals surface area contributed by atoms with Crippen molar-refractivity contribution in [3.8, 4) is 6.07 Å². The summed E-state index contributed by atoms with van der Waals surface area (Å²) < 4.78 is 28.0. The summed E-state index contributed by atoms with van der Waals surface area (Å²) in [4.78, 5) is -0.154. The molecule has 0 radical (unpaired) electrons. The second kappa shape index (κ2) is 5.03. The molecule has 0 spiro atoms. The Morgan fingerprint density at radius 1 is 1.50 bits per heavy atom. The van der Waals surface area contributed by atoms with Crippen LogP contribution in [-0.2, 0) is 17.1 Å². The number of hydrogen-bond acceptors (Lipinski definition) is 5. The number of aryl methyl sites for hydroxylation is 1. The molecule has 1 aromatic carbocycles. The van der Waals surface area contributed by atoms with Crippen LogP contribution in [0.2, 0.25) is 5.02 Å². The zero-order chi connectivity index (χ0) is 14.9. The Hall–Kier alpha value is -2.24. The Kier molecular flexibility index (Phi) is 3.57. The molecule has 0 aliphatic carbocycles. The summed E-state index contributed by atoms with van der Waals surface area (Å²) in [5.74, 6) is -0.118. The van der Waals surface area contributed by atoms with Crippen LogP contribution in [0.15, 0.2) is 29.3 Å². The number of nitrogen functional groups attached to an aromatic ring is 1. The highest BCUT2D eigenvalue weighted by Crippen LogP contribution is 2.26. The summed E-state index contributed by atoms with van der Waals surface area (Å²) in [5.41, 5.74) is 5.93. The largest absolute Gasteiger partial charge is 0.381 e. The SMILES string of the molecule is Cn1cc(S(=O)(=O)Nc2cc(C#N)ccc2Cl)c(N)n1. The summed E-state index contributed by atoms with van der Waals surface area (Å²) in [6.07, 6.45) is 1.28. The summed E-state index contributed by atoms with van der Waals surface area (Å²) >= 11 is 5.90. The maximum atomic E-state index is 12.2. The van der Waals surface area contributed by atoms with E-state index in [0.717, 1.165) is 0 Å². The minimum absolute atomic E-state index is 0.106. The van der Waals surface area contributed by atoms with Gasteiger partial charge < -0.3 is 5.73 Å². The van der Waals surface area contributed by atoms with E-state index in [1.54, 1.807) is 7.05 Å². The van der Waals surface area contributed by atoms with E-state index in [0.29, 0.717) is 0 Å². The highest BCUT2D eigenvalue weighted by atomic mass is 35.5. The van der Waals surface area contributed by atoms with Gasteiger partial charge in [0.25, 0.3) is 10.0 Å². The number of benzene rings is 1. The molecular weight excluding hydrogens is 302 g/mol. The maximum absolute atomic E-state index is 12.2. The molecule has 3 N–H and O–H groups in total. The number of rotatable bonds is 3. The molecule has 0 bridgehead atoms. The topological polar surface area (TPSA) is 114 Å². The molecule has 2 rings (SSSR count). The van der Waals surface area contributed by atoms with Gasteiger partial charge in [-0.3, -0.25) is 9.40 Å². The van der Waals surface area contributed by atoms with E-state index in [-0.39, 0.29) is 27.0 Å². The normalized spacial score (nSPS) is 11.1. The molecule has 0 saturated carbocycles. The van der Waals surface area contributed by atoms with Crippen molar-refractivity contribution in [2.24, 2.45) is 7.05 Å². The van der Waals surface area contributed by atoms with Gasteiger partial charge in [-0.15, -0.1) is 0 Å². The number of aromatic nitrogens is 2. The molecule has 0 aliphatic rings. The fourth-order valence-corrected chi connectivity index (χ4v) is 2.96. The monoisotopic (exact) mass is 311 g/mol. The fraction of sp³-hybridized carbons (Fsp3) is 0.0909. The van der Waals surface area contributed by atoms with Crippen molar-refractivity contribution in [1.82, 2.24) is 9.78 Å². The summed E-state index contributed by atoms with van der Waals surface area (Å²) in [7, 11) is -2.37. The highest BCUT2D eigenvalue weighted by Gasteiger charge is 2.21. The van der Waals surface area contributed by atoms with Crippen LogP contribution in [0.5, 0.6) is 0 Å². The van der Waals surface area contributed by atoms with Crippen molar-refractivity contribution >= 4 is 33.1 Å². The molecule has 0 saturated heterocycles. The summed E-state index contributed by atoms with van der Waals surface area (Å²) in [5, 5.41) is 12.8. The smallest absolute Gasteiger partial charge is 0.267 e. The number of nitrogens with one attached hydrogen (secondary N) is 1. The maximum Gasteiger partial charge on any atom is 0.267 e. The number of halogens is 1. The van der Waals surface area contributed by atoms with E-state index in [1.807, 2.05) is 6.07 Å². The fourth-order valence-electron chi connectivity index (χ4n) is 1.56. The van der Waals surface area contributed by atoms with Gasteiger partial charge in [0, 0.05) is 13.2 Å². The molecule has 0 atom stereocenters. The summed E-state index contributed by atoms with van der Waals surface area (Å²) in [6.45, 7) is 0. The van der Waals surface area contributed by atoms with Crippen LogP contribution >= 0.6 is 11.6 Å². The molecule has 1 aromatic heterocycles. The van der Waals surface area contributed by atoms with Crippen molar-refractivity contribution in [2.75, 3.05) is 10.5 Å². The van der Waals surface area contributed by atoms with Gasteiger partial charge in [0.1, 0.15) is 4.90 Å². The zero-order valence-corrected chi connectivity index (χ0v) is 11.9. The van der Waals surface area contributed by atoms with Crippen molar-refractivity contribution in [2.45, 2.75) is 4.90 Å². The predicted molar refractivity (Wildman–Crippen MR) is 74.6 cm³/mol. The van der Waals surface area contributed by atoms with Crippen LogP contribution in [0.3, 0.4) is 0 Å². The molecule has 7 nitrogen and oxygen atoms in total. The van der Waals surface area contributed by atoms with E-state index in [4.69, 9.17) is 22.6 Å². The third-order valence-corrected chi connectivity index (χ3v) is 4.16. The Morgan fingerprint density at radius 2 is 2.20 bits per heavy atom. The van der Waals surface area contributed by atoms with Gasteiger partial charge in [-0.05, 0) is 18.2 Å². The second-order valence-electron chi connectivity index (χ2n) is 3.96. The van der Waals surface area contributed by atoms with Crippen LogP contribution in [0.25, 0.3) is 0 Å². The van der Waals surface area contributed by atoms with E-state index in [9.17, 15) is 8.42 Å². The van der Waals surface area contributed by atoms with E-state index >= 15 is 0 Å². The minimum atomic E-state index is -3.92. The molecule has 1 heterocycles. The second-order valence-corrected chi connectivity index (χ2v) is 6.02. The lowest BCUT2D eigenvalue weighted by atomic mass is 10.2. The number of nitrogens with zero attached hydrogens (tertiary/aromatic N) is 3. The van der Waals surface area contributed by atoms with Crippen LogP contribution in [-0.4, -0.2) is 18.2 Å². The van der Waals surface area contributed by atoms with Gasteiger partial charge in [-0.25, -0.2) is 8.42 Å². The molecule has 0 fully saturated rings. The first-order valence-corrected chi connectivity index (χ1v) is 7.21. The van der Waals surface area contributed by atoms with Crippen LogP contribution in [0, 0.1) is 11.3 Å². The number of nitrogens with two attached hydrogens (primary N) is 1. The third kappa shape index (κ3) is 2.68. The van der Waals surface area contributed by atoms with Crippen LogP contribution in [0.4, 0.5) is 11.5 Å². The number of anilines is 2. The Bertz CT molecular complexity index is 807. The lowest BCUT2D eigenvalue weighted by Gasteiger charge is -2.08. The van der Waals surface area contributed by atoms with Crippen LogP contribution in [0.1, 0.15) is 5.56 Å². The molecule has 0 aliphatic heterocycles. The van der Waals surface area contributed by atoms with E-state index in [2.05, 4.69) is 9.82 Å². The van der Waals surface area contributed by atoms with Crippen molar-refractivity contribution in [1.29, 1.82) is 5.26 Å². The molecule has 104 valence electrons. The van der Waals surface area contributed by atoms with Gasteiger partial charge in [0.05, 0.1) is 22.3 Å². The molecule has 0 amide bonds. The molecular formula is C11H10ClN5O2S. The van der Waals surface area contributed by atoms with Gasteiger partial charge >= 0.3 is 0 Å². The Balaban J connectivity index is 2.44. The first-order valence-electron chi connectivity index (χ1n) is 5.35. The van der Waals surface area contributed by atoms with Gasteiger partial charge in [0.2, 0.25) is 0 Å². The van der Waals surface area contributed by atoms with Crippen molar-refractivity contribution in [3.05, 3.63) is 35.0 Å². The summed E-state index contributed by atoms with van der Waals surface area (Å²) in [6, 6.07) is 6.16. The zero-order valence-electron chi connectivity index (χ0n) is 10.3. The lowest BCUT2D eigenvalue weighted by molar-refractivity contribution is 0.601. The van der Waals surface area contributed by atoms with Crippen molar-refractivity contribution in [3.63, 3.8) is 0 Å². The van der Waals surface area contributed by atoms with E-state index in [1.165, 1.54) is 29.1 Å². The van der Waals surface area contributed by atoms with E-state index < -0.39 is 10.0 Å². The average molecular weight is 312 g/mol. The molecule has 0 unspecified atom stereocenters. The minimum Gasteiger partial charge on any atom is -0.381 e. The standard InChI is InChI=1S/C11H10ClN5O2S/c1-17-6-10(11(14)15-17)20(18,19)16-9-4-7(5-13)2-3-8(9)12/h2-4,6,16H,1H3,(H2,14,15). The van der Waals surface area contributed by atoms with Gasteiger partial charge in [-0.2, -0.15) is 10.4 Å². The van der Waals surface area contributed by atoms with Gasteiger partial charge in [-0.1, -0.05) is 11.6 Å². The lowest BCUT2D eigenvalue weighted by Crippen LogP contribution is -2.14. The van der Waals surface area contributed by atoms with Crippen LogP contribution < -0.4 is 10.5 Å². The Morgan fingerprint density at radius 3 is 2.75 bits per heavy atom. The first kappa shape index (κ1) is 14.2. The average Bonchev–Trinajstić information content (AvgIpc) is 2.72. The molecule has 2 aromatic rings.